The van der Waals surface area contributed by atoms with E-state index in [1.54, 1.807) is 24.3 Å². The van der Waals surface area contributed by atoms with Crippen LogP contribution in [-0.2, 0) is 6.54 Å². The predicted molar refractivity (Wildman–Crippen MR) is 66.0 cm³/mol. The van der Waals surface area contributed by atoms with Gasteiger partial charge in [-0.3, -0.25) is 9.48 Å². The van der Waals surface area contributed by atoms with Crippen LogP contribution >= 0.6 is 0 Å². The van der Waals surface area contributed by atoms with Gasteiger partial charge in [0.2, 0.25) is 5.78 Å². The van der Waals surface area contributed by atoms with Crippen molar-refractivity contribution in [3.8, 4) is 11.5 Å². The van der Waals surface area contributed by atoms with Gasteiger partial charge in [-0.2, -0.15) is 5.10 Å². The van der Waals surface area contributed by atoms with Gasteiger partial charge in [-0.25, -0.2) is 0 Å². The van der Waals surface area contributed by atoms with Crippen molar-refractivity contribution in [2.45, 2.75) is 13.5 Å². The molecule has 0 saturated heterocycles. The van der Waals surface area contributed by atoms with Gasteiger partial charge in [-0.05, 0) is 19.1 Å². The molecule has 0 spiro atoms. The summed E-state index contributed by atoms with van der Waals surface area (Å²) in [6.07, 6.45) is 1.27. The lowest BCUT2D eigenvalue weighted by atomic mass is 10.1. The first-order chi connectivity index (χ1) is 8.67. The molecule has 1 aromatic carbocycles. The lowest BCUT2D eigenvalue weighted by molar-refractivity contribution is 0.102. The Morgan fingerprint density at radius 3 is 2.94 bits per heavy atom. The summed E-state index contributed by atoms with van der Waals surface area (Å²) in [6.45, 7) is 2.38. The van der Waals surface area contributed by atoms with E-state index in [2.05, 4.69) is 5.10 Å². The monoisotopic (exact) mass is 246 g/mol. The third kappa shape index (κ3) is 2.07. The molecule has 0 aliphatic carbocycles. The summed E-state index contributed by atoms with van der Waals surface area (Å²) < 4.78 is 6.54. The van der Waals surface area contributed by atoms with Crippen molar-refractivity contribution >= 4 is 5.78 Å². The number of hydrogen-bond donors (Lipinski definition) is 1. The van der Waals surface area contributed by atoms with Gasteiger partial charge in [0.05, 0.1) is 13.3 Å². The second-order valence-corrected chi connectivity index (χ2v) is 3.76. The predicted octanol–water partition coefficient (Wildman–Crippen LogP) is 1.85. The van der Waals surface area contributed by atoms with E-state index in [9.17, 15) is 9.90 Å². The Kier molecular flexibility index (Phi) is 3.32. The van der Waals surface area contributed by atoms with Crippen molar-refractivity contribution in [3.63, 3.8) is 0 Å². The van der Waals surface area contributed by atoms with Crippen molar-refractivity contribution < 1.29 is 14.6 Å². The number of carbonyl (C=O) groups excluding carboxylic acids is 1. The van der Waals surface area contributed by atoms with E-state index in [-0.39, 0.29) is 17.2 Å². The molecule has 5 nitrogen and oxygen atoms in total. The Morgan fingerprint density at radius 2 is 2.28 bits per heavy atom. The molecule has 0 atom stereocenters. The summed E-state index contributed by atoms with van der Waals surface area (Å²) >= 11 is 0. The van der Waals surface area contributed by atoms with Crippen molar-refractivity contribution in [1.29, 1.82) is 0 Å². The lowest BCUT2D eigenvalue weighted by Gasteiger charge is -2.06. The average Bonchev–Trinajstić information content (AvgIpc) is 2.79. The largest absolute Gasteiger partial charge is 0.504 e. The number of aryl methyl sites for hydroxylation is 1. The molecule has 0 aliphatic heterocycles. The number of aromatic hydroxyl groups is 1. The zero-order valence-electron chi connectivity index (χ0n) is 10.3. The number of nitrogens with zero attached hydrogens (tertiary/aromatic N) is 2. The van der Waals surface area contributed by atoms with E-state index >= 15 is 0 Å². The SMILES string of the molecule is CCn1ncc(O)c1C(=O)c1cccc(OC)c1. The summed E-state index contributed by atoms with van der Waals surface area (Å²) in [4.78, 5) is 12.3. The second kappa shape index (κ2) is 4.91. The van der Waals surface area contributed by atoms with Crippen LogP contribution in [0.2, 0.25) is 0 Å². The average molecular weight is 246 g/mol. The molecule has 2 aromatic rings. The normalized spacial score (nSPS) is 10.3. The zero-order chi connectivity index (χ0) is 13.1. The van der Waals surface area contributed by atoms with Crippen molar-refractivity contribution in [2.75, 3.05) is 7.11 Å². The zero-order valence-corrected chi connectivity index (χ0v) is 10.3. The molecule has 0 saturated carbocycles. The maximum Gasteiger partial charge on any atom is 0.214 e. The van der Waals surface area contributed by atoms with Crippen molar-refractivity contribution in [2.24, 2.45) is 0 Å². The minimum absolute atomic E-state index is 0.107. The third-order valence-electron chi connectivity index (χ3n) is 2.67. The van der Waals surface area contributed by atoms with Crippen LogP contribution in [0, 0.1) is 0 Å². The Balaban J connectivity index is 2.44. The number of benzene rings is 1. The van der Waals surface area contributed by atoms with Gasteiger partial charge < -0.3 is 9.84 Å². The van der Waals surface area contributed by atoms with E-state index in [0.717, 1.165) is 0 Å². The molecule has 0 radical (unpaired) electrons. The molecule has 0 aliphatic rings. The number of ether oxygens (including phenoxy) is 1. The first-order valence-electron chi connectivity index (χ1n) is 5.61. The molecule has 0 bridgehead atoms. The summed E-state index contributed by atoms with van der Waals surface area (Å²) in [5, 5.41) is 13.6. The molecule has 2 rings (SSSR count). The van der Waals surface area contributed by atoms with Gasteiger partial charge in [0.15, 0.2) is 11.4 Å². The minimum atomic E-state index is -0.272. The van der Waals surface area contributed by atoms with Crippen LogP contribution in [0.15, 0.2) is 30.5 Å². The first kappa shape index (κ1) is 12.2. The highest BCUT2D eigenvalue weighted by atomic mass is 16.5. The van der Waals surface area contributed by atoms with E-state index < -0.39 is 0 Å². The van der Waals surface area contributed by atoms with Gasteiger partial charge >= 0.3 is 0 Å². The number of carbonyl (C=O) groups is 1. The Morgan fingerprint density at radius 1 is 1.50 bits per heavy atom. The standard InChI is InChI=1S/C13H14N2O3/c1-3-15-12(11(16)8-14-15)13(17)9-5-4-6-10(7-9)18-2/h4-8,16H,3H2,1-2H3. The minimum Gasteiger partial charge on any atom is -0.504 e. The van der Waals surface area contributed by atoms with Crippen LogP contribution in [0.3, 0.4) is 0 Å². The summed E-state index contributed by atoms with van der Waals surface area (Å²) in [7, 11) is 1.54. The summed E-state index contributed by atoms with van der Waals surface area (Å²) in [5.41, 5.74) is 0.658. The molecular formula is C13H14N2O3. The number of methoxy groups -OCH3 is 1. The van der Waals surface area contributed by atoms with Crippen molar-refractivity contribution in [1.82, 2.24) is 9.78 Å². The second-order valence-electron chi connectivity index (χ2n) is 3.76. The van der Waals surface area contributed by atoms with E-state index in [1.165, 1.54) is 18.0 Å². The highest BCUT2D eigenvalue weighted by molar-refractivity contribution is 6.09. The fraction of sp³-hybridized carbons (Fsp3) is 0.231. The fourth-order valence-electron chi connectivity index (χ4n) is 1.75. The van der Waals surface area contributed by atoms with Crippen molar-refractivity contribution in [3.05, 3.63) is 41.7 Å². The quantitative estimate of drug-likeness (QED) is 0.836. The van der Waals surface area contributed by atoms with E-state index in [4.69, 9.17) is 4.74 Å². The molecule has 0 amide bonds. The van der Waals surface area contributed by atoms with Crippen LogP contribution < -0.4 is 4.74 Å². The van der Waals surface area contributed by atoms with Crippen LogP contribution in [0.5, 0.6) is 11.5 Å². The van der Waals surface area contributed by atoms with Gasteiger partial charge in [0.1, 0.15) is 5.75 Å². The van der Waals surface area contributed by atoms with Crippen LogP contribution in [0.4, 0.5) is 0 Å². The fourth-order valence-corrected chi connectivity index (χ4v) is 1.75. The van der Waals surface area contributed by atoms with Crippen LogP contribution in [0.1, 0.15) is 23.0 Å². The molecule has 94 valence electrons. The summed E-state index contributed by atoms with van der Waals surface area (Å²) in [6, 6.07) is 6.80. The third-order valence-corrected chi connectivity index (χ3v) is 2.67. The number of rotatable bonds is 4. The van der Waals surface area contributed by atoms with E-state index in [0.29, 0.717) is 17.9 Å². The number of hydrogen-bond acceptors (Lipinski definition) is 4. The van der Waals surface area contributed by atoms with Gasteiger partial charge in [0.25, 0.3) is 0 Å². The molecule has 0 unspecified atom stereocenters. The molecule has 1 aromatic heterocycles. The van der Waals surface area contributed by atoms with E-state index in [1.807, 2.05) is 6.92 Å². The lowest BCUT2D eigenvalue weighted by Crippen LogP contribution is -2.10. The number of ketones is 1. The van der Waals surface area contributed by atoms with Gasteiger partial charge in [0, 0.05) is 12.1 Å². The molecule has 0 fully saturated rings. The Bertz CT molecular complexity index is 575. The molecule has 5 heteroatoms. The van der Waals surface area contributed by atoms with Gasteiger partial charge in [-0.15, -0.1) is 0 Å². The number of aromatic nitrogens is 2. The molecule has 18 heavy (non-hydrogen) atoms. The maximum atomic E-state index is 12.3. The smallest absolute Gasteiger partial charge is 0.214 e. The first-order valence-corrected chi connectivity index (χ1v) is 5.61. The highest BCUT2D eigenvalue weighted by Gasteiger charge is 2.19. The molecule has 1 heterocycles. The Hall–Kier alpha value is -2.30. The maximum absolute atomic E-state index is 12.3. The van der Waals surface area contributed by atoms with Crippen LogP contribution in [-0.4, -0.2) is 27.8 Å². The topological polar surface area (TPSA) is 64.3 Å². The highest BCUT2D eigenvalue weighted by Crippen LogP contribution is 2.22. The molecule has 1 N–H and O–H groups in total. The van der Waals surface area contributed by atoms with Crippen LogP contribution in [0.25, 0.3) is 0 Å². The van der Waals surface area contributed by atoms with Gasteiger partial charge in [-0.1, -0.05) is 12.1 Å². The summed E-state index contributed by atoms with van der Waals surface area (Å²) in [5.74, 6) is 0.221. The molecular weight excluding hydrogens is 232 g/mol. The Labute approximate surface area is 105 Å².